The number of likely N-dealkylation sites (tertiary alicyclic amines) is 1. The first kappa shape index (κ1) is 18.8. The van der Waals surface area contributed by atoms with Crippen LogP contribution in [0.3, 0.4) is 0 Å². The molecule has 3 aliphatic rings. The molecular formula is C19H26N6O3. The normalized spacial score (nSPS) is 29.5. The lowest BCUT2D eigenvalue weighted by Crippen LogP contribution is -2.52. The maximum absolute atomic E-state index is 12.4. The minimum absolute atomic E-state index is 0.0452. The summed E-state index contributed by atoms with van der Waals surface area (Å²) in [6.07, 6.45) is 6.57. The Balaban J connectivity index is 1.26. The zero-order valence-corrected chi connectivity index (χ0v) is 16.0. The smallest absolute Gasteiger partial charge is 0.322 e. The Labute approximate surface area is 163 Å². The van der Waals surface area contributed by atoms with Gasteiger partial charge < -0.3 is 10.6 Å². The number of aryl methyl sites for hydroxylation is 1. The van der Waals surface area contributed by atoms with Gasteiger partial charge in [-0.05, 0) is 38.0 Å². The molecule has 2 bridgehead atoms. The lowest BCUT2D eigenvalue weighted by atomic mass is 9.91. The van der Waals surface area contributed by atoms with Crippen LogP contribution in [-0.4, -0.2) is 57.9 Å². The topological polar surface area (TPSA) is 116 Å². The van der Waals surface area contributed by atoms with Crippen LogP contribution in [-0.2, 0) is 16.1 Å². The number of urea groups is 1. The second-order valence-corrected chi connectivity index (χ2v) is 8.08. The molecule has 3 unspecified atom stereocenters. The maximum atomic E-state index is 12.4. The van der Waals surface area contributed by atoms with Gasteiger partial charge in [-0.1, -0.05) is 0 Å². The van der Waals surface area contributed by atoms with Gasteiger partial charge in [0.25, 0.3) is 5.91 Å². The van der Waals surface area contributed by atoms with Gasteiger partial charge in [-0.2, -0.15) is 0 Å². The Hall–Kier alpha value is -2.55. The highest BCUT2D eigenvalue weighted by Crippen LogP contribution is 2.37. The summed E-state index contributed by atoms with van der Waals surface area (Å²) < 4.78 is 0. The molecule has 1 saturated carbocycles. The number of imide groups is 1. The summed E-state index contributed by atoms with van der Waals surface area (Å²) >= 11 is 0. The third-order valence-electron chi connectivity index (χ3n) is 6.00. The molecule has 1 aliphatic carbocycles. The second kappa shape index (κ2) is 7.83. The van der Waals surface area contributed by atoms with E-state index in [2.05, 4.69) is 30.8 Å². The number of amides is 4. The molecule has 3 heterocycles. The molecule has 4 rings (SSSR count). The first-order chi connectivity index (χ1) is 13.5. The molecule has 2 aliphatic heterocycles. The van der Waals surface area contributed by atoms with Gasteiger partial charge >= 0.3 is 6.03 Å². The van der Waals surface area contributed by atoms with Crippen molar-refractivity contribution in [2.45, 2.75) is 51.2 Å². The monoisotopic (exact) mass is 386 g/mol. The number of aromatic nitrogens is 2. The molecule has 0 spiro atoms. The Kier molecular flexibility index (Phi) is 5.25. The largest absolute Gasteiger partial charge is 0.353 e. The van der Waals surface area contributed by atoms with E-state index in [4.69, 9.17) is 0 Å². The van der Waals surface area contributed by atoms with Crippen molar-refractivity contribution in [2.24, 2.45) is 11.8 Å². The molecule has 9 nitrogen and oxygen atoms in total. The third kappa shape index (κ3) is 4.14. The van der Waals surface area contributed by atoms with Gasteiger partial charge in [0.15, 0.2) is 0 Å². The summed E-state index contributed by atoms with van der Waals surface area (Å²) in [6.45, 7) is 4.63. The van der Waals surface area contributed by atoms with E-state index in [1.165, 1.54) is 0 Å². The fourth-order valence-corrected chi connectivity index (χ4v) is 4.64. The molecule has 9 heteroatoms. The number of hydrogen-bond acceptors (Lipinski definition) is 6. The van der Waals surface area contributed by atoms with E-state index in [0.717, 1.165) is 43.9 Å². The Morgan fingerprint density at radius 1 is 1.21 bits per heavy atom. The molecule has 4 amide bonds. The fourth-order valence-electron chi connectivity index (χ4n) is 4.64. The molecule has 3 atom stereocenters. The van der Waals surface area contributed by atoms with Crippen LogP contribution in [0.2, 0.25) is 0 Å². The van der Waals surface area contributed by atoms with Crippen LogP contribution >= 0.6 is 0 Å². The number of rotatable bonds is 6. The average molecular weight is 386 g/mol. The molecule has 3 N–H and O–H groups in total. The number of piperidine rings is 1. The predicted molar refractivity (Wildman–Crippen MR) is 99.9 cm³/mol. The van der Waals surface area contributed by atoms with E-state index in [9.17, 15) is 14.4 Å². The highest BCUT2D eigenvalue weighted by molar-refractivity contribution is 6.04. The van der Waals surface area contributed by atoms with E-state index in [1.807, 2.05) is 19.3 Å². The minimum Gasteiger partial charge on any atom is -0.353 e. The van der Waals surface area contributed by atoms with Gasteiger partial charge in [-0.3, -0.25) is 19.8 Å². The van der Waals surface area contributed by atoms with Crippen LogP contribution in [0.15, 0.2) is 12.4 Å². The lowest BCUT2D eigenvalue weighted by molar-refractivity contribution is -0.123. The van der Waals surface area contributed by atoms with Gasteiger partial charge in [-0.15, -0.1) is 0 Å². The van der Waals surface area contributed by atoms with Gasteiger partial charge in [0.2, 0.25) is 5.91 Å². The predicted octanol–water partition coefficient (Wildman–Crippen LogP) is 0.0998. The second-order valence-electron chi connectivity index (χ2n) is 8.08. The standard InChI is InChI=1S/C19H26N6O3/c1-11-20-6-12(7-21-11)8-25-9-13-2-3-14(10-25)17(13)23-16(26)5-4-15-18(27)24-19(28)22-15/h6-7,13-15,17H,2-5,8-10H2,1H3,(H,23,26)(H2,22,24,27,28). The van der Waals surface area contributed by atoms with Crippen molar-refractivity contribution in [1.29, 1.82) is 0 Å². The van der Waals surface area contributed by atoms with Crippen LogP contribution in [0.5, 0.6) is 0 Å². The number of hydrogen-bond donors (Lipinski definition) is 3. The molecule has 0 aromatic carbocycles. The van der Waals surface area contributed by atoms with Crippen molar-refractivity contribution in [2.75, 3.05) is 13.1 Å². The quantitative estimate of drug-likeness (QED) is 0.597. The molecule has 3 fully saturated rings. The number of nitrogens with one attached hydrogen (secondary N) is 3. The number of nitrogens with zero attached hydrogens (tertiary/aromatic N) is 3. The first-order valence-electron chi connectivity index (χ1n) is 9.88. The van der Waals surface area contributed by atoms with Crippen LogP contribution in [0.25, 0.3) is 0 Å². The number of carbonyl (C=O) groups is 3. The summed E-state index contributed by atoms with van der Waals surface area (Å²) in [7, 11) is 0. The Morgan fingerprint density at radius 2 is 1.89 bits per heavy atom. The first-order valence-corrected chi connectivity index (χ1v) is 9.88. The van der Waals surface area contributed by atoms with E-state index < -0.39 is 12.1 Å². The number of fused-ring (bicyclic) bond motifs is 2. The summed E-state index contributed by atoms with van der Waals surface area (Å²) in [6, 6.07) is -0.890. The maximum Gasteiger partial charge on any atom is 0.322 e. The Morgan fingerprint density at radius 3 is 2.50 bits per heavy atom. The van der Waals surface area contributed by atoms with E-state index in [-0.39, 0.29) is 24.3 Å². The Bertz CT molecular complexity index is 753. The average Bonchev–Trinajstić information content (AvgIpc) is 3.09. The fraction of sp³-hybridized carbons (Fsp3) is 0.632. The van der Waals surface area contributed by atoms with E-state index >= 15 is 0 Å². The minimum atomic E-state index is -0.603. The summed E-state index contributed by atoms with van der Waals surface area (Å²) in [5.41, 5.74) is 1.12. The van der Waals surface area contributed by atoms with Crippen molar-refractivity contribution in [1.82, 2.24) is 30.8 Å². The van der Waals surface area contributed by atoms with Crippen LogP contribution in [0.4, 0.5) is 4.79 Å². The highest BCUT2D eigenvalue weighted by atomic mass is 16.2. The molecule has 150 valence electrons. The van der Waals surface area contributed by atoms with Crippen molar-refractivity contribution in [3.05, 3.63) is 23.8 Å². The van der Waals surface area contributed by atoms with Crippen LogP contribution in [0, 0.1) is 18.8 Å². The molecule has 1 aromatic rings. The zero-order valence-electron chi connectivity index (χ0n) is 16.0. The lowest BCUT2D eigenvalue weighted by Gasteiger charge is -2.38. The number of carbonyl (C=O) groups excluding carboxylic acids is 3. The highest BCUT2D eigenvalue weighted by Gasteiger charge is 2.42. The summed E-state index contributed by atoms with van der Waals surface area (Å²) in [4.78, 5) is 46.1. The molecular weight excluding hydrogens is 360 g/mol. The van der Waals surface area contributed by atoms with E-state index in [0.29, 0.717) is 18.3 Å². The van der Waals surface area contributed by atoms with Gasteiger partial charge in [0.05, 0.1) is 0 Å². The molecule has 0 radical (unpaired) electrons. The zero-order chi connectivity index (χ0) is 19.7. The summed E-state index contributed by atoms with van der Waals surface area (Å²) in [5, 5.41) is 7.91. The molecule has 28 heavy (non-hydrogen) atoms. The van der Waals surface area contributed by atoms with Gasteiger partial charge in [0.1, 0.15) is 11.9 Å². The van der Waals surface area contributed by atoms with E-state index in [1.54, 1.807) is 0 Å². The third-order valence-corrected chi connectivity index (χ3v) is 6.00. The van der Waals surface area contributed by atoms with Crippen LogP contribution in [0.1, 0.15) is 37.1 Å². The van der Waals surface area contributed by atoms with Gasteiger partial charge in [-0.25, -0.2) is 14.8 Å². The van der Waals surface area contributed by atoms with Crippen LogP contribution < -0.4 is 16.0 Å². The van der Waals surface area contributed by atoms with Gasteiger partial charge in [0, 0.05) is 50.1 Å². The molecule has 2 saturated heterocycles. The SMILES string of the molecule is Cc1ncc(CN2CC3CCC(C2)C3NC(=O)CCC2NC(=O)NC2=O)cn1. The van der Waals surface area contributed by atoms with Crippen molar-refractivity contribution >= 4 is 17.8 Å². The van der Waals surface area contributed by atoms with Crippen molar-refractivity contribution < 1.29 is 14.4 Å². The van der Waals surface area contributed by atoms with Crippen molar-refractivity contribution in [3.8, 4) is 0 Å². The molecule has 1 aromatic heterocycles. The summed E-state index contributed by atoms with van der Waals surface area (Å²) in [5.74, 6) is 1.27. The van der Waals surface area contributed by atoms with Crippen molar-refractivity contribution in [3.63, 3.8) is 0 Å².